The Labute approximate surface area is 284 Å². The Morgan fingerprint density at radius 1 is 1.02 bits per heavy atom. The molecule has 0 bridgehead atoms. The fourth-order valence-electron chi connectivity index (χ4n) is 5.90. The summed E-state index contributed by atoms with van der Waals surface area (Å²) < 4.78 is 9.63. The van der Waals surface area contributed by atoms with Gasteiger partial charge in [-0.1, -0.05) is 41.9 Å². The van der Waals surface area contributed by atoms with Gasteiger partial charge in [-0.15, -0.1) is 0 Å². The van der Waals surface area contributed by atoms with E-state index in [9.17, 15) is 14.4 Å². The smallest absolute Gasteiger partial charge is 0.333 e. The zero-order valence-electron chi connectivity index (χ0n) is 25.6. The molecule has 1 saturated carbocycles. The van der Waals surface area contributed by atoms with Crippen LogP contribution >= 0.6 is 27.5 Å². The molecule has 3 aromatic carbocycles. The van der Waals surface area contributed by atoms with E-state index in [4.69, 9.17) is 16.3 Å². The first-order valence-corrected chi connectivity index (χ1v) is 16.6. The van der Waals surface area contributed by atoms with Gasteiger partial charge in [-0.05, 0) is 95.4 Å². The molecule has 238 valence electrons. The molecule has 47 heavy (non-hydrogen) atoms. The molecule has 0 atom stereocenters. The highest BCUT2D eigenvalue weighted by Crippen LogP contribution is 2.29. The number of nitrogens with zero attached hydrogens (tertiary/aromatic N) is 4. The molecule has 5 aromatic rings. The lowest BCUT2D eigenvalue weighted by Crippen LogP contribution is -2.41. The van der Waals surface area contributed by atoms with E-state index in [0.717, 1.165) is 35.2 Å². The Bertz CT molecular complexity index is 2070. The third kappa shape index (κ3) is 6.23. The summed E-state index contributed by atoms with van der Waals surface area (Å²) in [6, 6.07) is 23.9. The molecule has 2 aliphatic rings. The van der Waals surface area contributed by atoms with Gasteiger partial charge in [0, 0.05) is 41.4 Å². The number of halogens is 2. The van der Waals surface area contributed by atoms with Crippen LogP contribution in [0.2, 0.25) is 5.02 Å². The van der Waals surface area contributed by atoms with Gasteiger partial charge in [0.1, 0.15) is 11.4 Å². The second kappa shape index (κ2) is 12.8. The highest BCUT2D eigenvalue weighted by molar-refractivity contribution is 9.10. The lowest BCUT2D eigenvalue weighted by molar-refractivity contribution is 0.0706. The fraction of sp³-hybridized carbons (Fsp3) is 0.222. The van der Waals surface area contributed by atoms with Crippen molar-refractivity contribution >= 4 is 39.3 Å². The van der Waals surface area contributed by atoms with E-state index in [2.05, 4.69) is 26.2 Å². The molecule has 0 saturated heterocycles. The van der Waals surface area contributed by atoms with Crippen LogP contribution in [0.15, 0.2) is 94.3 Å². The van der Waals surface area contributed by atoms with Gasteiger partial charge in [-0.2, -0.15) is 0 Å². The monoisotopic (exact) mass is 711 g/mol. The Morgan fingerprint density at radius 2 is 1.81 bits per heavy atom. The number of rotatable bonds is 8. The summed E-state index contributed by atoms with van der Waals surface area (Å²) in [5, 5.41) is 3.49. The Hall–Kier alpha value is -4.67. The number of imidazole rings is 1. The van der Waals surface area contributed by atoms with Crippen LogP contribution in [0.25, 0.3) is 16.9 Å². The molecule has 9 nitrogen and oxygen atoms in total. The van der Waals surface area contributed by atoms with Gasteiger partial charge >= 0.3 is 5.69 Å². The molecule has 1 fully saturated rings. The van der Waals surface area contributed by atoms with E-state index < -0.39 is 5.91 Å². The number of aromatic nitrogens is 3. The maximum atomic E-state index is 14.2. The standard InChI is InChI=1S/C36H31BrClN5O4/c1-22-5-4-16-39-32(22)28-7-3-2-6-24(28)20-40-34(44)33-31-21-41(35(45)23-8-15-29(37)30(38)19-23)17-18-42(31)36(46)43(33)25-9-11-26(12-10-25)47-27-13-14-27/h2-12,15-16,19,27H,13-14,17-18,20-21H2,1H3,(H,40,44). The Kier molecular flexibility index (Phi) is 8.46. The molecular weight excluding hydrogens is 682 g/mol. The van der Waals surface area contributed by atoms with Crippen molar-refractivity contribution in [1.82, 2.24) is 24.3 Å². The van der Waals surface area contributed by atoms with E-state index in [0.29, 0.717) is 38.7 Å². The first-order valence-electron chi connectivity index (χ1n) is 15.4. The fourth-order valence-corrected chi connectivity index (χ4v) is 6.33. The molecule has 0 unspecified atom stereocenters. The zero-order valence-corrected chi connectivity index (χ0v) is 27.9. The van der Waals surface area contributed by atoms with Gasteiger partial charge in [0.2, 0.25) is 0 Å². The first kappa shape index (κ1) is 31.0. The summed E-state index contributed by atoms with van der Waals surface area (Å²) in [6.45, 7) is 2.82. The number of carbonyl (C=O) groups is 2. The maximum Gasteiger partial charge on any atom is 0.333 e. The molecule has 1 N–H and O–H groups in total. The summed E-state index contributed by atoms with van der Waals surface area (Å²) >= 11 is 9.66. The van der Waals surface area contributed by atoms with Crippen molar-refractivity contribution in [2.75, 3.05) is 6.54 Å². The minimum atomic E-state index is -0.428. The highest BCUT2D eigenvalue weighted by Gasteiger charge is 2.32. The number of fused-ring (bicyclic) bond motifs is 1. The molecule has 1 aliphatic heterocycles. The van der Waals surface area contributed by atoms with Crippen LogP contribution < -0.4 is 15.7 Å². The van der Waals surface area contributed by atoms with Crippen molar-refractivity contribution in [1.29, 1.82) is 0 Å². The normalized spacial score (nSPS) is 14.1. The second-order valence-corrected chi connectivity index (χ2v) is 13.0. The van der Waals surface area contributed by atoms with Crippen LogP contribution in [-0.2, 0) is 19.6 Å². The number of ether oxygens (including phenoxy) is 1. The molecular formula is C36H31BrClN5O4. The number of carbonyl (C=O) groups excluding carboxylic acids is 2. The van der Waals surface area contributed by atoms with Crippen LogP contribution in [0, 0.1) is 6.92 Å². The number of benzene rings is 3. The summed E-state index contributed by atoms with van der Waals surface area (Å²) in [4.78, 5) is 48.0. The maximum absolute atomic E-state index is 14.2. The van der Waals surface area contributed by atoms with Gasteiger partial charge in [0.25, 0.3) is 11.8 Å². The van der Waals surface area contributed by atoms with Crippen LogP contribution in [-0.4, -0.2) is 43.5 Å². The minimum Gasteiger partial charge on any atom is -0.490 e. The van der Waals surface area contributed by atoms with Crippen molar-refractivity contribution in [2.45, 2.75) is 45.5 Å². The number of nitrogens with one attached hydrogen (secondary N) is 1. The summed E-state index contributed by atoms with van der Waals surface area (Å²) in [5.74, 6) is 0.0479. The lowest BCUT2D eigenvalue weighted by Gasteiger charge is -2.28. The molecule has 3 heterocycles. The van der Waals surface area contributed by atoms with Crippen molar-refractivity contribution in [3.63, 3.8) is 0 Å². The quantitative estimate of drug-likeness (QED) is 0.197. The summed E-state index contributed by atoms with van der Waals surface area (Å²) in [6.07, 6.45) is 4.04. The summed E-state index contributed by atoms with van der Waals surface area (Å²) in [5.41, 5.74) is 4.92. The van der Waals surface area contributed by atoms with Gasteiger partial charge in [0.15, 0.2) is 0 Å². The Morgan fingerprint density at radius 3 is 2.55 bits per heavy atom. The van der Waals surface area contributed by atoms with Gasteiger partial charge in [0.05, 0.1) is 34.7 Å². The van der Waals surface area contributed by atoms with Crippen LogP contribution in [0.5, 0.6) is 5.75 Å². The largest absolute Gasteiger partial charge is 0.490 e. The van der Waals surface area contributed by atoms with Crippen molar-refractivity contribution in [3.05, 3.63) is 133 Å². The van der Waals surface area contributed by atoms with Gasteiger partial charge in [-0.3, -0.25) is 23.7 Å². The number of hydrogen-bond donors (Lipinski definition) is 1. The zero-order chi connectivity index (χ0) is 32.7. The molecule has 2 amide bonds. The van der Waals surface area contributed by atoms with Gasteiger partial charge in [-0.25, -0.2) is 4.79 Å². The molecule has 11 heteroatoms. The number of aryl methyl sites for hydroxylation is 1. The van der Waals surface area contributed by atoms with Crippen LogP contribution in [0.1, 0.15) is 50.5 Å². The third-order valence-corrected chi connectivity index (χ3v) is 9.72. The SMILES string of the molecule is Cc1cccnc1-c1ccccc1CNC(=O)c1c2n(c(=O)n1-c1ccc(OC3CC3)cc1)CCN(C(=O)c1ccc(Br)c(Cl)c1)C2. The summed E-state index contributed by atoms with van der Waals surface area (Å²) in [7, 11) is 0. The van der Waals surface area contributed by atoms with Crippen molar-refractivity contribution in [3.8, 4) is 22.7 Å². The first-order chi connectivity index (χ1) is 22.8. The third-order valence-electron chi connectivity index (χ3n) is 8.49. The predicted molar refractivity (Wildman–Crippen MR) is 183 cm³/mol. The minimum absolute atomic E-state index is 0.0735. The van der Waals surface area contributed by atoms with E-state index in [1.165, 1.54) is 4.57 Å². The number of amides is 2. The van der Waals surface area contributed by atoms with Gasteiger partial charge < -0.3 is 15.0 Å². The van der Waals surface area contributed by atoms with Crippen LogP contribution in [0.3, 0.4) is 0 Å². The lowest BCUT2D eigenvalue weighted by atomic mass is 10.0. The predicted octanol–water partition coefficient (Wildman–Crippen LogP) is 6.55. The van der Waals surface area contributed by atoms with E-state index in [1.54, 1.807) is 46.0 Å². The molecule has 1 aliphatic carbocycles. The van der Waals surface area contributed by atoms with E-state index in [1.807, 2.05) is 55.5 Å². The molecule has 0 spiro atoms. The average Bonchev–Trinajstić information content (AvgIpc) is 3.86. The highest BCUT2D eigenvalue weighted by atomic mass is 79.9. The van der Waals surface area contributed by atoms with Crippen LogP contribution in [0.4, 0.5) is 0 Å². The average molecular weight is 713 g/mol. The molecule has 2 aromatic heterocycles. The Balaban J connectivity index is 1.24. The number of pyridine rings is 1. The number of hydrogen-bond acceptors (Lipinski definition) is 5. The molecule has 7 rings (SSSR count). The van der Waals surface area contributed by atoms with Crippen molar-refractivity contribution < 1.29 is 14.3 Å². The van der Waals surface area contributed by atoms with E-state index in [-0.39, 0.29) is 43.0 Å². The van der Waals surface area contributed by atoms with E-state index >= 15 is 0 Å². The van der Waals surface area contributed by atoms with Crippen molar-refractivity contribution in [2.24, 2.45) is 0 Å². The molecule has 0 radical (unpaired) electrons. The second-order valence-electron chi connectivity index (χ2n) is 11.7. The topological polar surface area (TPSA) is 98.5 Å².